The van der Waals surface area contributed by atoms with E-state index in [1.807, 2.05) is 24.3 Å². The minimum absolute atomic E-state index is 0.179. The topological polar surface area (TPSA) is 65.7 Å². The van der Waals surface area contributed by atoms with E-state index in [1.54, 1.807) is 0 Å². The van der Waals surface area contributed by atoms with Crippen LogP contribution >= 0.6 is 0 Å². The molecule has 0 saturated heterocycles. The van der Waals surface area contributed by atoms with Crippen LogP contribution in [0.25, 0.3) is 66.9 Å². The lowest BCUT2D eigenvalue weighted by molar-refractivity contribution is 0.620. The van der Waals surface area contributed by atoms with Crippen molar-refractivity contribution in [3.05, 3.63) is 131 Å². The third-order valence-electron chi connectivity index (χ3n) is 10.2. The number of furan rings is 1. The summed E-state index contributed by atoms with van der Waals surface area (Å²) in [6.45, 7) is 6.79. The van der Waals surface area contributed by atoms with E-state index in [4.69, 9.17) is 4.42 Å². The van der Waals surface area contributed by atoms with Crippen LogP contribution in [0.2, 0.25) is 0 Å². The predicted octanol–water partition coefficient (Wildman–Crippen LogP) is 10.5. The molecule has 0 spiro atoms. The van der Waals surface area contributed by atoms with Crippen LogP contribution in [-0.4, -0.2) is 4.57 Å². The lowest BCUT2D eigenvalue weighted by Gasteiger charge is -2.21. The van der Waals surface area contributed by atoms with Crippen molar-refractivity contribution < 1.29 is 4.42 Å². The number of benzene rings is 5. The van der Waals surface area contributed by atoms with Crippen LogP contribution in [0.15, 0.2) is 101 Å². The molecule has 0 saturated carbocycles. The molecule has 0 aliphatic heterocycles. The molecule has 1 atom stereocenters. The largest absolute Gasteiger partial charge is 0.456 e. The molecule has 1 unspecified atom stereocenters. The first-order valence-corrected chi connectivity index (χ1v) is 15.8. The van der Waals surface area contributed by atoms with E-state index < -0.39 is 0 Å². The summed E-state index contributed by atoms with van der Waals surface area (Å²) in [6.07, 6.45) is 5.38. The normalized spacial score (nSPS) is 15.9. The molecule has 4 nitrogen and oxygen atoms in total. The highest BCUT2D eigenvalue weighted by Crippen LogP contribution is 2.52. The third kappa shape index (κ3) is 3.53. The summed E-state index contributed by atoms with van der Waals surface area (Å²) >= 11 is 0. The Balaban J connectivity index is 1.29. The van der Waals surface area contributed by atoms with Crippen molar-refractivity contribution in [3.63, 3.8) is 0 Å². The second-order valence-corrected chi connectivity index (χ2v) is 13.3. The predicted molar refractivity (Wildman–Crippen MR) is 185 cm³/mol. The molecule has 4 heteroatoms. The van der Waals surface area contributed by atoms with E-state index in [9.17, 15) is 10.5 Å². The van der Waals surface area contributed by atoms with Gasteiger partial charge in [0.05, 0.1) is 34.5 Å². The van der Waals surface area contributed by atoms with E-state index in [0.29, 0.717) is 17.0 Å². The SMILES string of the molecule is CC1C=Cc2c(c3cc(C#N)ccc3n2-c2ccc(C#N)cc2-c2ccc3oc4c5c(ccc4c3c2)-c2ccccc2C5(C)C)C1. The molecule has 0 amide bonds. The highest BCUT2D eigenvalue weighted by atomic mass is 16.3. The van der Waals surface area contributed by atoms with Gasteiger partial charge in [-0.25, -0.2) is 0 Å². The average molecular weight is 592 g/mol. The Morgan fingerprint density at radius 3 is 2.43 bits per heavy atom. The van der Waals surface area contributed by atoms with Crippen LogP contribution in [-0.2, 0) is 11.8 Å². The van der Waals surface area contributed by atoms with Gasteiger partial charge in [0.2, 0.25) is 0 Å². The maximum atomic E-state index is 9.96. The molecular formula is C42H29N3O. The number of allylic oxidation sites excluding steroid dienone is 1. The monoisotopic (exact) mass is 591 g/mol. The molecule has 9 rings (SSSR count). The molecule has 218 valence electrons. The minimum Gasteiger partial charge on any atom is -0.456 e. The van der Waals surface area contributed by atoms with Crippen molar-refractivity contribution in [2.75, 3.05) is 0 Å². The molecule has 2 heterocycles. The Kier molecular flexibility index (Phi) is 5.39. The lowest BCUT2D eigenvalue weighted by Crippen LogP contribution is -2.15. The number of rotatable bonds is 2. The van der Waals surface area contributed by atoms with Crippen LogP contribution < -0.4 is 0 Å². The van der Waals surface area contributed by atoms with Crippen molar-refractivity contribution >= 4 is 38.9 Å². The van der Waals surface area contributed by atoms with E-state index in [0.717, 1.165) is 61.8 Å². The van der Waals surface area contributed by atoms with Gasteiger partial charge in [0.15, 0.2) is 0 Å². The van der Waals surface area contributed by atoms with Crippen molar-refractivity contribution in [2.24, 2.45) is 5.92 Å². The Bertz CT molecular complexity index is 2580. The van der Waals surface area contributed by atoms with Gasteiger partial charge >= 0.3 is 0 Å². The minimum atomic E-state index is -0.179. The van der Waals surface area contributed by atoms with Gasteiger partial charge < -0.3 is 8.98 Å². The maximum absolute atomic E-state index is 9.96. The highest BCUT2D eigenvalue weighted by Gasteiger charge is 2.38. The molecule has 46 heavy (non-hydrogen) atoms. The van der Waals surface area contributed by atoms with Crippen LogP contribution in [0, 0.1) is 28.6 Å². The molecule has 2 aliphatic rings. The number of nitrogens with zero attached hydrogens (tertiary/aromatic N) is 3. The second-order valence-electron chi connectivity index (χ2n) is 13.3. The van der Waals surface area contributed by atoms with Gasteiger partial charge in [0.25, 0.3) is 0 Å². The smallest absolute Gasteiger partial charge is 0.140 e. The average Bonchev–Trinajstić information content (AvgIpc) is 3.69. The van der Waals surface area contributed by atoms with Gasteiger partial charge in [0, 0.05) is 38.4 Å². The number of aromatic nitrogens is 1. The fourth-order valence-corrected chi connectivity index (χ4v) is 8.02. The first-order chi connectivity index (χ1) is 22.4. The first kappa shape index (κ1) is 26.6. The molecule has 2 aromatic heterocycles. The zero-order chi connectivity index (χ0) is 31.3. The standard InChI is InChI=1S/C42H29N3O/c1-24-8-14-37-32(18-24)33-20-26(23-44)10-16-38(33)45(37)36-15-9-25(22-43)19-31(36)27-11-17-39-34(21-27)30-13-12-29-28-6-4-5-7-35(28)42(2,3)40(29)41(30)46-39/h4-17,19-21,24H,18H2,1-3H3. The van der Waals surface area contributed by atoms with E-state index in [2.05, 4.69) is 116 Å². The van der Waals surface area contributed by atoms with Gasteiger partial charge in [0.1, 0.15) is 11.2 Å². The summed E-state index contributed by atoms with van der Waals surface area (Å²) in [5.74, 6) is 0.411. The molecule has 0 fully saturated rings. The highest BCUT2D eigenvalue weighted by molar-refractivity contribution is 6.10. The summed E-state index contributed by atoms with van der Waals surface area (Å²) < 4.78 is 8.97. The van der Waals surface area contributed by atoms with Gasteiger partial charge in [-0.15, -0.1) is 0 Å². The zero-order valence-electron chi connectivity index (χ0n) is 25.8. The third-order valence-corrected chi connectivity index (χ3v) is 10.2. The van der Waals surface area contributed by atoms with Crippen LogP contribution in [0.4, 0.5) is 0 Å². The van der Waals surface area contributed by atoms with Crippen molar-refractivity contribution in [1.29, 1.82) is 10.5 Å². The summed E-state index contributed by atoms with van der Waals surface area (Å²) in [7, 11) is 0. The summed E-state index contributed by atoms with van der Waals surface area (Å²) in [6, 6.07) is 36.1. The van der Waals surface area contributed by atoms with Crippen molar-refractivity contribution in [1.82, 2.24) is 4.57 Å². The van der Waals surface area contributed by atoms with Gasteiger partial charge in [-0.05, 0) is 101 Å². The van der Waals surface area contributed by atoms with Crippen LogP contribution in [0.1, 0.15) is 54.3 Å². The quantitative estimate of drug-likeness (QED) is 0.201. The molecule has 0 bridgehead atoms. The zero-order valence-corrected chi connectivity index (χ0v) is 25.8. The Morgan fingerprint density at radius 2 is 1.59 bits per heavy atom. The molecule has 2 aliphatic carbocycles. The lowest BCUT2D eigenvalue weighted by atomic mass is 9.82. The van der Waals surface area contributed by atoms with E-state index in [1.165, 1.54) is 27.8 Å². The molecule has 0 radical (unpaired) electrons. The first-order valence-electron chi connectivity index (χ1n) is 15.8. The number of hydrogen-bond donors (Lipinski definition) is 0. The summed E-state index contributed by atoms with van der Waals surface area (Å²) in [5, 5.41) is 22.9. The Morgan fingerprint density at radius 1 is 0.783 bits per heavy atom. The number of hydrogen-bond acceptors (Lipinski definition) is 3. The fourth-order valence-electron chi connectivity index (χ4n) is 8.02. The van der Waals surface area contributed by atoms with Crippen molar-refractivity contribution in [3.8, 4) is 40.1 Å². The van der Waals surface area contributed by atoms with Gasteiger partial charge in [-0.1, -0.05) is 63.2 Å². The van der Waals surface area contributed by atoms with Crippen LogP contribution in [0.3, 0.4) is 0 Å². The number of nitriles is 2. The maximum Gasteiger partial charge on any atom is 0.140 e. The van der Waals surface area contributed by atoms with Crippen LogP contribution in [0.5, 0.6) is 0 Å². The van der Waals surface area contributed by atoms with Gasteiger partial charge in [-0.2, -0.15) is 10.5 Å². The fraction of sp³-hybridized carbons (Fsp3) is 0.143. The van der Waals surface area contributed by atoms with E-state index in [-0.39, 0.29) is 5.41 Å². The Hall–Kier alpha value is -5.84. The second kappa shape index (κ2) is 9.33. The summed E-state index contributed by atoms with van der Waals surface area (Å²) in [4.78, 5) is 0. The molecular weight excluding hydrogens is 562 g/mol. The molecule has 7 aromatic rings. The number of fused-ring (bicyclic) bond motifs is 10. The van der Waals surface area contributed by atoms with E-state index >= 15 is 0 Å². The summed E-state index contributed by atoms with van der Waals surface area (Å²) in [5.41, 5.74) is 14.4. The van der Waals surface area contributed by atoms with Gasteiger partial charge in [-0.3, -0.25) is 0 Å². The van der Waals surface area contributed by atoms with Crippen molar-refractivity contribution in [2.45, 2.75) is 32.6 Å². The Labute approximate surface area is 267 Å². The molecule has 0 N–H and O–H groups in total. The molecule has 5 aromatic carbocycles.